The Labute approximate surface area is 131 Å². The second-order valence-corrected chi connectivity index (χ2v) is 5.15. The zero-order chi connectivity index (χ0) is 16.4. The van der Waals surface area contributed by atoms with Gasteiger partial charge in [-0.1, -0.05) is 6.92 Å². The number of rotatable bonds is 4. The molecule has 1 aromatic heterocycles. The highest BCUT2D eigenvalue weighted by Crippen LogP contribution is 2.28. The largest absolute Gasteiger partial charge is 0.507 e. The van der Waals surface area contributed by atoms with E-state index in [9.17, 15) is 14.3 Å². The van der Waals surface area contributed by atoms with Crippen LogP contribution in [-0.2, 0) is 0 Å². The van der Waals surface area contributed by atoms with Crippen molar-refractivity contribution in [2.45, 2.75) is 13.3 Å². The zero-order valence-electron chi connectivity index (χ0n) is 12.5. The van der Waals surface area contributed by atoms with Crippen LogP contribution in [0.2, 0.25) is 0 Å². The second-order valence-electron chi connectivity index (χ2n) is 5.15. The first-order chi connectivity index (χ1) is 11.1. The van der Waals surface area contributed by atoms with Crippen LogP contribution < -0.4 is 10.2 Å². The molecule has 0 atom stereocenters. The van der Waals surface area contributed by atoms with Crippen LogP contribution in [0.15, 0.2) is 51.7 Å². The fraction of sp³-hybridized carbons (Fsp3) is 0.167. The van der Waals surface area contributed by atoms with E-state index in [1.807, 2.05) is 6.92 Å². The highest BCUT2D eigenvalue weighted by atomic mass is 19.1. The molecular formula is C18H15FO4. The molecule has 0 radical (unpaired) electrons. The zero-order valence-corrected chi connectivity index (χ0v) is 12.5. The number of hydrogen-bond acceptors (Lipinski definition) is 4. The van der Waals surface area contributed by atoms with Crippen LogP contribution in [0.25, 0.3) is 22.3 Å². The van der Waals surface area contributed by atoms with Gasteiger partial charge < -0.3 is 14.3 Å². The molecule has 3 aromatic rings. The third kappa shape index (κ3) is 3.04. The Bertz CT molecular complexity index is 897. The molecule has 1 heterocycles. The first-order valence-corrected chi connectivity index (χ1v) is 7.28. The van der Waals surface area contributed by atoms with Crippen molar-refractivity contribution in [1.29, 1.82) is 0 Å². The lowest BCUT2D eigenvalue weighted by atomic mass is 10.1. The number of ether oxygens (including phenoxy) is 1. The monoisotopic (exact) mass is 314 g/mol. The molecule has 0 aliphatic carbocycles. The lowest BCUT2D eigenvalue weighted by Gasteiger charge is -2.07. The molecule has 118 valence electrons. The number of hydrogen-bond donors (Lipinski definition) is 1. The maximum Gasteiger partial charge on any atom is 0.197 e. The maximum absolute atomic E-state index is 13.4. The van der Waals surface area contributed by atoms with Gasteiger partial charge in [0, 0.05) is 23.8 Å². The van der Waals surface area contributed by atoms with E-state index < -0.39 is 17.0 Å². The first-order valence-electron chi connectivity index (χ1n) is 7.28. The standard InChI is InChI=1S/C18H15FO4/c1-2-7-22-13-5-3-11(4-6-13)16-10-15(21)18-14(20)8-12(19)9-17(18)23-16/h3-6,8-10,20H,2,7H2,1H3. The molecule has 0 unspecified atom stereocenters. The van der Waals surface area contributed by atoms with Crippen molar-refractivity contribution in [2.24, 2.45) is 0 Å². The van der Waals surface area contributed by atoms with Gasteiger partial charge in [-0.3, -0.25) is 4.79 Å². The van der Waals surface area contributed by atoms with Crippen molar-refractivity contribution in [2.75, 3.05) is 6.61 Å². The maximum atomic E-state index is 13.4. The Balaban J connectivity index is 2.05. The molecule has 0 aliphatic heterocycles. The Morgan fingerprint density at radius 1 is 1.17 bits per heavy atom. The smallest absolute Gasteiger partial charge is 0.197 e. The molecule has 5 heteroatoms. The summed E-state index contributed by atoms with van der Waals surface area (Å²) >= 11 is 0. The molecule has 0 aliphatic rings. The van der Waals surface area contributed by atoms with Crippen LogP contribution in [0, 0.1) is 5.82 Å². The molecule has 0 fully saturated rings. The van der Waals surface area contributed by atoms with E-state index >= 15 is 0 Å². The summed E-state index contributed by atoms with van der Waals surface area (Å²) in [6.45, 7) is 2.65. The molecular weight excluding hydrogens is 299 g/mol. The van der Waals surface area contributed by atoms with Crippen molar-refractivity contribution in [3.8, 4) is 22.8 Å². The van der Waals surface area contributed by atoms with E-state index in [-0.39, 0.29) is 11.0 Å². The molecule has 0 saturated heterocycles. The molecule has 0 spiro atoms. The van der Waals surface area contributed by atoms with Crippen LogP contribution in [0.5, 0.6) is 11.5 Å². The van der Waals surface area contributed by atoms with Crippen LogP contribution in [0.3, 0.4) is 0 Å². The van der Waals surface area contributed by atoms with Crippen molar-refractivity contribution >= 4 is 11.0 Å². The Kier molecular flexibility index (Phi) is 4.02. The van der Waals surface area contributed by atoms with Gasteiger partial charge in [0.15, 0.2) is 5.43 Å². The van der Waals surface area contributed by atoms with Gasteiger partial charge in [-0.2, -0.15) is 0 Å². The van der Waals surface area contributed by atoms with Crippen molar-refractivity contribution in [3.05, 3.63) is 58.5 Å². The molecule has 1 N–H and O–H groups in total. The number of aromatic hydroxyl groups is 1. The van der Waals surface area contributed by atoms with E-state index in [0.29, 0.717) is 17.9 Å². The van der Waals surface area contributed by atoms with Gasteiger partial charge in [0.25, 0.3) is 0 Å². The minimum absolute atomic E-state index is 0.0105. The third-order valence-corrected chi connectivity index (χ3v) is 3.39. The van der Waals surface area contributed by atoms with Crippen LogP contribution in [0.1, 0.15) is 13.3 Å². The summed E-state index contributed by atoms with van der Waals surface area (Å²) < 4.78 is 24.5. The van der Waals surface area contributed by atoms with E-state index in [1.54, 1.807) is 24.3 Å². The van der Waals surface area contributed by atoms with Gasteiger partial charge in [-0.15, -0.1) is 0 Å². The fourth-order valence-corrected chi connectivity index (χ4v) is 2.31. The summed E-state index contributed by atoms with van der Waals surface area (Å²) in [6, 6.07) is 10.3. The van der Waals surface area contributed by atoms with Gasteiger partial charge >= 0.3 is 0 Å². The van der Waals surface area contributed by atoms with Crippen LogP contribution in [-0.4, -0.2) is 11.7 Å². The fourth-order valence-electron chi connectivity index (χ4n) is 2.31. The van der Waals surface area contributed by atoms with Crippen LogP contribution in [0.4, 0.5) is 4.39 Å². The van der Waals surface area contributed by atoms with E-state index in [0.717, 1.165) is 24.3 Å². The molecule has 0 bridgehead atoms. The van der Waals surface area contributed by atoms with Gasteiger partial charge in [-0.05, 0) is 30.7 Å². The average Bonchev–Trinajstić information content (AvgIpc) is 2.52. The number of phenols is 1. The van der Waals surface area contributed by atoms with Gasteiger partial charge in [-0.25, -0.2) is 4.39 Å². The lowest BCUT2D eigenvalue weighted by Crippen LogP contribution is -2.01. The minimum Gasteiger partial charge on any atom is -0.507 e. The second kappa shape index (κ2) is 6.12. The van der Waals surface area contributed by atoms with Gasteiger partial charge in [0.2, 0.25) is 0 Å². The number of fused-ring (bicyclic) bond motifs is 1. The summed E-state index contributed by atoms with van der Waals surface area (Å²) in [6.07, 6.45) is 0.913. The topological polar surface area (TPSA) is 59.7 Å². The number of phenolic OH excluding ortho intramolecular Hbond substituents is 1. The first kappa shape index (κ1) is 15.1. The average molecular weight is 314 g/mol. The quantitative estimate of drug-likeness (QED) is 0.788. The lowest BCUT2D eigenvalue weighted by molar-refractivity contribution is 0.317. The Morgan fingerprint density at radius 3 is 2.61 bits per heavy atom. The minimum atomic E-state index is -0.668. The molecule has 23 heavy (non-hydrogen) atoms. The Hall–Kier alpha value is -2.82. The molecule has 0 saturated carbocycles. The predicted molar refractivity (Wildman–Crippen MR) is 85.3 cm³/mol. The summed E-state index contributed by atoms with van der Waals surface area (Å²) in [7, 11) is 0. The molecule has 2 aromatic carbocycles. The van der Waals surface area contributed by atoms with Gasteiger partial charge in [0.05, 0.1) is 6.61 Å². The predicted octanol–water partition coefficient (Wildman–Crippen LogP) is 4.09. The highest BCUT2D eigenvalue weighted by molar-refractivity contribution is 5.84. The molecule has 0 amide bonds. The molecule has 4 nitrogen and oxygen atoms in total. The summed E-state index contributed by atoms with van der Waals surface area (Å²) in [4.78, 5) is 12.1. The highest BCUT2D eigenvalue weighted by Gasteiger charge is 2.12. The summed E-state index contributed by atoms with van der Waals surface area (Å²) in [5, 5.41) is 9.67. The van der Waals surface area contributed by atoms with E-state index in [2.05, 4.69) is 0 Å². The summed E-state index contributed by atoms with van der Waals surface area (Å²) in [5.74, 6) is -0.0702. The number of halogens is 1. The van der Waals surface area contributed by atoms with Crippen molar-refractivity contribution in [1.82, 2.24) is 0 Å². The summed E-state index contributed by atoms with van der Waals surface area (Å²) in [5.41, 5.74) is 0.248. The van der Waals surface area contributed by atoms with E-state index in [4.69, 9.17) is 9.15 Å². The van der Waals surface area contributed by atoms with Crippen molar-refractivity contribution in [3.63, 3.8) is 0 Å². The normalized spacial score (nSPS) is 10.9. The SMILES string of the molecule is CCCOc1ccc(-c2cc(=O)c3c(O)cc(F)cc3o2)cc1. The van der Waals surface area contributed by atoms with Crippen LogP contribution >= 0.6 is 0 Å². The third-order valence-electron chi connectivity index (χ3n) is 3.39. The number of benzene rings is 2. The Morgan fingerprint density at radius 2 is 1.91 bits per heavy atom. The van der Waals surface area contributed by atoms with Crippen molar-refractivity contribution < 1.29 is 18.7 Å². The van der Waals surface area contributed by atoms with Gasteiger partial charge in [0.1, 0.15) is 34.0 Å². The molecule has 3 rings (SSSR count). The van der Waals surface area contributed by atoms with E-state index in [1.165, 1.54) is 6.07 Å².